The zero-order chi connectivity index (χ0) is 10.3. The van der Waals surface area contributed by atoms with Crippen LogP contribution >= 0.6 is 23.6 Å². The van der Waals surface area contributed by atoms with E-state index in [2.05, 4.69) is 42.9 Å². The molecule has 2 aromatic rings. The van der Waals surface area contributed by atoms with Crippen molar-refractivity contribution in [3.63, 3.8) is 0 Å². The molecule has 14 heavy (non-hydrogen) atoms. The molecular formula is C10H12N2S2. The Balaban J connectivity index is 2.67. The van der Waals surface area contributed by atoms with Crippen LogP contribution in [0.3, 0.4) is 0 Å². The maximum atomic E-state index is 5.07. The van der Waals surface area contributed by atoms with E-state index in [-0.39, 0.29) is 5.41 Å². The summed E-state index contributed by atoms with van der Waals surface area (Å²) >= 11 is 6.64. The van der Waals surface area contributed by atoms with Crippen LogP contribution in [0.25, 0.3) is 10.3 Å². The van der Waals surface area contributed by atoms with Crippen LogP contribution in [-0.2, 0) is 5.41 Å². The standard InChI is InChI=1S/C10H12N2S2/c1-10(2,3)7-5-4-6-8(11-7)12-9(13)14-6/h4-5H,1-3H3,(H,11,12,13). The van der Waals surface area contributed by atoms with E-state index in [1.807, 2.05) is 0 Å². The third-order valence-electron chi connectivity index (χ3n) is 2.05. The van der Waals surface area contributed by atoms with Crippen LogP contribution in [0.15, 0.2) is 12.1 Å². The Morgan fingerprint density at radius 1 is 1.36 bits per heavy atom. The van der Waals surface area contributed by atoms with Crippen LogP contribution in [0.2, 0.25) is 0 Å². The molecule has 0 saturated carbocycles. The fraction of sp³-hybridized carbons (Fsp3) is 0.400. The molecule has 0 radical (unpaired) electrons. The van der Waals surface area contributed by atoms with Gasteiger partial charge >= 0.3 is 0 Å². The van der Waals surface area contributed by atoms with Crippen LogP contribution < -0.4 is 0 Å². The van der Waals surface area contributed by atoms with Crippen LogP contribution in [0.5, 0.6) is 0 Å². The number of nitrogens with one attached hydrogen (secondary N) is 1. The van der Waals surface area contributed by atoms with E-state index in [0.29, 0.717) is 0 Å². The number of hydrogen-bond acceptors (Lipinski definition) is 3. The highest BCUT2D eigenvalue weighted by Crippen LogP contribution is 2.24. The lowest BCUT2D eigenvalue weighted by Crippen LogP contribution is -2.13. The first-order valence-electron chi connectivity index (χ1n) is 4.47. The number of rotatable bonds is 0. The Hall–Kier alpha value is -0.740. The van der Waals surface area contributed by atoms with Crippen LogP contribution in [-0.4, -0.2) is 9.97 Å². The highest BCUT2D eigenvalue weighted by Gasteiger charge is 2.15. The van der Waals surface area contributed by atoms with Crippen LogP contribution in [0, 0.1) is 3.95 Å². The molecule has 0 aliphatic heterocycles. The number of aromatic nitrogens is 2. The van der Waals surface area contributed by atoms with Gasteiger partial charge in [0, 0.05) is 11.1 Å². The van der Waals surface area contributed by atoms with Crippen molar-refractivity contribution in [3.8, 4) is 0 Å². The second-order valence-electron chi connectivity index (χ2n) is 4.31. The molecule has 0 unspecified atom stereocenters. The van der Waals surface area contributed by atoms with Gasteiger partial charge in [0.15, 0.2) is 3.95 Å². The van der Waals surface area contributed by atoms with Gasteiger partial charge in [0.25, 0.3) is 0 Å². The lowest BCUT2D eigenvalue weighted by molar-refractivity contribution is 0.571. The largest absolute Gasteiger partial charge is 0.322 e. The van der Waals surface area contributed by atoms with Gasteiger partial charge in [-0.15, -0.1) is 11.3 Å². The summed E-state index contributed by atoms with van der Waals surface area (Å²) < 4.78 is 1.92. The van der Waals surface area contributed by atoms with Crippen molar-refractivity contribution in [1.82, 2.24) is 9.97 Å². The van der Waals surface area contributed by atoms with Gasteiger partial charge in [-0.1, -0.05) is 20.8 Å². The average molecular weight is 224 g/mol. The summed E-state index contributed by atoms with van der Waals surface area (Å²) in [5.74, 6) is 0. The molecule has 2 rings (SSSR count). The third kappa shape index (κ3) is 1.72. The first-order valence-corrected chi connectivity index (χ1v) is 5.70. The summed E-state index contributed by atoms with van der Waals surface area (Å²) in [7, 11) is 0. The van der Waals surface area contributed by atoms with E-state index in [9.17, 15) is 0 Å². The molecule has 0 aromatic carbocycles. The van der Waals surface area contributed by atoms with Gasteiger partial charge in [0.05, 0.1) is 4.70 Å². The van der Waals surface area contributed by atoms with E-state index in [0.717, 1.165) is 20.0 Å². The molecule has 2 nitrogen and oxygen atoms in total. The van der Waals surface area contributed by atoms with Crippen molar-refractivity contribution < 1.29 is 0 Å². The SMILES string of the molecule is CC(C)(C)c1ccc2sc(=S)[nH]c2n1. The molecule has 0 atom stereocenters. The van der Waals surface area contributed by atoms with Crippen molar-refractivity contribution in [2.45, 2.75) is 26.2 Å². The zero-order valence-corrected chi connectivity index (χ0v) is 10.1. The second-order valence-corrected chi connectivity index (χ2v) is 6.03. The summed E-state index contributed by atoms with van der Waals surface area (Å²) in [4.78, 5) is 7.65. The molecule has 0 amide bonds. The number of fused-ring (bicyclic) bond motifs is 1. The minimum absolute atomic E-state index is 0.0889. The molecule has 4 heteroatoms. The molecule has 2 heterocycles. The van der Waals surface area contributed by atoms with Gasteiger partial charge < -0.3 is 4.98 Å². The van der Waals surface area contributed by atoms with E-state index in [1.54, 1.807) is 11.3 Å². The summed E-state index contributed by atoms with van der Waals surface area (Å²) in [6.45, 7) is 6.46. The number of hydrogen-bond donors (Lipinski definition) is 1. The summed E-state index contributed by atoms with van der Waals surface area (Å²) in [5, 5.41) is 0. The zero-order valence-electron chi connectivity index (χ0n) is 8.42. The van der Waals surface area contributed by atoms with E-state index in [4.69, 9.17) is 12.2 Å². The predicted octanol–water partition coefficient (Wildman–Crippen LogP) is 3.65. The maximum absolute atomic E-state index is 5.07. The Morgan fingerprint density at radius 3 is 2.71 bits per heavy atom. The average Bonchev–Trinajstić information content (AvgIpc) is 2.41. The van der Waals surface area contributed by atoms with Gasteiger partial charge in [-0.3, -0.25) is 0 Å². The molecule has 0 aliphatic rings. The van der Waals surface area contributed by atoms with E-state index >= 15 is 0 Å². The molecular weight excluding hydrogens is 212 g/mol. The fourth-order valence-corrected chi connectivity index (χ4v) is 2.30. The predicted molar refractivity (Wildman–Crippen MR) is 63.5 cm³/mol. The van der Waals surface area contributed by atoms with Crippen molar-refractivity contribution in [1.29, 1.82) is 0 Å². The van der Waals surface area contributed by atoms with Crippen LogP contribution in [0.1, 0.15) is 26.5 Å². The minimum atomic E-state index is 0.0889. The normalized spacial score (nSPS) is 12.2. The number of pyridine rings is 1. The third-order valence-corrected chi connectivity index (χ3v) is 3.24. The molecule has 0 spiro atoms. The number of thiazole rings is 1. The minimum Gasteiger partial charge on any atom is -0.322 e. The van der Waals surface area contributed by atoms with Gasteiger partial charge in [-0.25, -0.2) is 4.98 Å². The van der Waals surface area contributed by atoms with Crippen LogP contribution in [0.4, 0.5) is 0 Å². The second kappa shape index (κ2) is 3.14. The number of aromatic amines is 1. The Morgan fingerprint density at radius 2 is 2.07 bits per heavy atom. The topological polar surface area (TPSA) is 28.7 Å². The Bertz CT molecular complexity index is 517. The molecule has 74 valence electrons. The van der Waals surface area contributed by atoms with E-state index < -0.39 is 0 Å². The van der Waals surface area contributed by atoms with Gasteiger partial charge in [-0.05, 0) is 24.4 Å². The Kier molecular flexibility index (Phi) is 2.20. The first kappa shape index (κ1) is 9.80. The highest BCUT2D eigenvalue weighted by atomic mass is 32.1. The molecule has 0 fully saturated rings. The van der Waals surface area contributed by atoms with Gasteiger partial charge in [0.1, 0.15) is 5.65 Å². The van der Waals surface area contributed by atoms with Crippen molar-refractivity contribution in [2.75, 3.05) is 0 Å². The summed E-state index contributed by atoms with van der Waals surface area (Å²) in [5.41, 5.74) is 2.09. The number of nitrogens with zero attached hydrogens (tertiary/aromatic N) is 1. The molecule has 0 aliphatic carbocycles. The van der Waals surface area contributed by atoms with E-state index in [1.165, 1.54) is 0 Å². The smallest absolute Gasteiger partial charge is 0.160 e. The summed E-state index contributed by atoms with van der Waals surface area (Å²) in [6, 6.07) is 4.15. The van der Waals surface area contributed by atoms with Crippen molar-refractivity contribution in [3.05, 3.63) is 21.8 Å². The molecule has 0 bridgehead atoms. The van der Waals surface area contributed by atoms with Gasteiger partial charge in [-0.2, -0.15) is 0 Å². The van der Waals surface area contributed by atoms with Gasteiger partial charge in [0.2, 0.25) is 0 Å². The summed E-state index contributed by atoms with van der Waals surface area (Å²) in [6.07, 6.45) is 0. The molecule has 1 N–H and O–H groups in total. The lowest BCUT2D eigenvalue weighted by Gasteiger charge is -2.16. The maximum Gasteiger partial charge on any atom is 0.160 e. The van der Waals surface area contributed by atoms with Crippen molar-refractivity contribution >= 4 is 33.9 Å². The quantitative estimate of drug-likeness (QED) is 0.692. The first-order chi connectivity index (χ1) is 6.47. The molecule has 2 aromatic heterocycles. The number of H-pyrrole nitrogens is 1. The highest BCUT2D eigenvalue weighted by molar-refractivity contribution is 7.73. The molecule has 0 saturated heterocycles. The Labute approximate surface area is 92.0 Å². The fourth-order valence-electron chi connectivity index (χ4n) is 1.26. The lowest BCUT2D eigenvalue weighted by atomic mass is 9.92. The monoisotopic (exact) mass is 224 g/mol. The van der Waals surface area contributed by atoms with Crippen molar-refractivity contribution in [2.24, 2.45) is 0 Å².